The summed E-state index contributed by atoms with van der Waals surface area (Å²) in [4.78, 5) is 3.99. The van der Waals surface area contributed by atoms with Gasteiger partial charge in [-0.05, 0) is 42.3 Å². The van der Waals surface area contributed by atoms with Gasteiger partial charge in [-0.2, -0.15) is 0 Å². The molecule has 0 spiro atoms. The van der Waals surface area contributed by atoms with Gasteiger partial charge >= 0.3 is 0 Å². The summed E-state index contributed by atoms with van der Waals surface area (Å²) >= 11 is 0. The minimum absolute atomic E-state index is 0.537. The lowest BCUT2D eigenvalue weighted by molar-refractivity contribution is 0.0607. The maximum Gasteiger partial charge on any atom is 0.160 e. The number of ether oxygens (including phenoxy) is 2. The van der Waals surface area contributed by atoms with Crippen molar-refractivity contribution in [1.29, 1.82) is 0 Å². The van der Waals surface area contributed by atoms with E-state index in [2.05, 4.69) is 4.98 Å². The van der Waals surface area contributed by atoms with Gasteiger partial charge in [0.25, 0.3) is 0 Å². The molecule has 0 saturated heterocycles. The highest BCUT2D eigenvalue weighted by atomic mass is 16.5. The van der Waals surface area contributed by atoms with Crippen LogP contribution in [0.5, 0.6) is 11.5 Å². The van der Waals surface area contributed by atoms with Crippen LogP contribution in [-0.2, 0) is 12.8 Å². The highest BCUT2D eigenvalue weighted by molar-refractivity contribution is 5.43. The molecule has 1 N–H and O–H groups in total. The third-order valence-corrected chi connectivity index (χ3v) is 3.37. The van der Waals surface area contributed by atoms with E-state index >= 15 is 0 Å². The van der Waals surface area contributed by atoms with Gasteiger partial charge in [-0.15, -0.1) is 0 Å². The van der Waals surface area contributed by atoms with Crippen molar-refractivity contribution in [2.24, 2.45) is 0 Å². The monoisotopic (exact) mass is 287 g/mol. The first-order valence-electron chi connectivity index (χ1n) is 6.86. The van der Waals surface area contributed by atoms with Crippen LogP contribution in [0.15, 0.2) is 42.7 Å². The quantitative estimate of drug-likeness (QED) is 0.887. The van der Waals surface area contributed by atoms with Crippen molar-refractivity contribution in [3.8, 4) is 11.5 Å². The average molecular weight is 287 g/mol. The topological polar surface area (TPSA) is 51.6 Å². The van der Waals surface area contributed by atoms with Crippen LogP contribution >= 0.6 is 0 Å². The number of aliphatic hydroxyl groups is 1. The number of hydrogen-bond donors (Lipinski definition) is 1. The Labute approximate surface area is 125 Å². The van der Waals surface area contributed by atoms with Crippen molar-refractivity contribution in [2.45, 2.75) is 25.4 Å². The number of methoxy groups -OCH3 is 2. The number of aromatic nitrogens is 1. The Bertz CT molecular complexity index is 582. The zero-order valence-corrected chi connectivity index (χ0v) is 12.7. The minimum Gasteiger partial charge on any atom is -0.493 e. The zero-order chi connectivity index (χ0) is 15.3. The van der Waals surface area contributed by atoms with Gasteiger partial charge in [0.05, 0.1) is 19.8 Å². The molecule has 0 aliphatic rings. The SMILES string of the molecule is COc1ccc(CC(C)(O)Cc2ccncc2)cc1OC. The van der Waals surface area contributed by atoms with E-state index in [4.69, 9.17) is 9.47 Å². The number of rotatable bonds is 6. The first kappa shape index (κ1) is 15.3. The number of hydrogen-bond acceptors (Lipinski definition) is 4. The van der Waals surface area contributed by atoms with E-state index in [0.29, 0.717) is 24.3 Å². The van der Waals surface area contributed by atoms with Crippen molar-refractivity contribution < 1.29 is 14.6 Å². The summed E-state index contributed by atoms with van der Waals surface area (Å²) < 4.78 is 10.5. The fraction of sp³-hybridized carbons (Fsp3) is 0.353. The molecule has 0 aliphatic heterocycles. The summed E-state index contributed by atoms with van der Waals surface area (Å²) in [5.41, 5.74) is 1.24. The average Bonchev–Trinajstić information content (AvgIpc) is 2.47. The summed E-state index contributed by atoms with van der Waals surface area (Å²) in [6.07, 6.45) is 4.59. The predicted octanol–water partition coefficient (Wildman–Crippen LogP) is 2.64. The number of nitrogens with zero attached hydrogens (tertiary/aromatic N) is 1. The first-order chi connectivity index (χ1) is 10.0. The first-order valence-corrected chi connectivity index (χ1v) is 6.86. The molecule has 4 heteroatoms. The fourth-order valence-electron chi connectivity index (χ4n) is 2.43. The Morgan fingerprint density at radius 2 is 1.57 bits per heavy atom. The molecule has 0 bridgehead atoms. The van der Waals surface area contributed by atoms with Crippen LogP contribution in [0.3, 0.4) is 0 Å². The standard InChI is InChI=1S/C17H21NO3/c1-17(19,11-13-6-8-18-9-7-13)12-14-4-5-15(20-2)16(10-14)21-3/h4-10,19H,11-12H2,1-3H3. The molecule has 1 atom stereocenters. The van der Waals surface area contributed by atoms with E-state index in [1.54, 1.807) is 26.6 Å². The highest BCUT2D eigenvalue weighted by Crippen LogP contribution is 2.29. The van der Waals surface area contributed by atoms with Crippen LogP contribution in [0, 0.1) is 0 Å². The lowest BCUT2D eigenvalue weighted by atomic mass is 9.90. The second-order valence-corrected chi connectivity index (χ2v) is 5.40. The Kier molecular flexibility index (Phi) is 4.81. The molecule has 0 fully saturated rings. The number of pyridine rings is 1. The van der Waals surface area contributed by atoms with E-state index in [1.165, 1.54) is 0 Å². The third-order valence-electron chi connectivity index (χ3n) is 3.37. The zero-order valence-electron chi connectivity index (χ0n) is 12.7. The summed E-state index contributed by atoms with van der Waals surface area (Å²) in [7, 11) is 3.22. The molecule has 1 unspecified atom stereocenters. The Morgan fingerprint density at radius 3 is 2.19 bits per heavy atom. The van der Waals surface area contributed by atoms with Crippen molar-refractivity contribution >= 4 is 0 Å². The molecule has 1 heterocycles. The largest absolute Gasteiger partial charge is 0.493 e. The van der Waals surface area contributed by atoms with Crippen LogP contribution in [0.2, 0.25) is 0 Å². The van der Waals surface area contributed by atoms with Gasteiger partial charge in [0, 0.05) is 25.2 Å². The van der Waals surface area contributed by atoms with Gasteiger partial charge in [-0.3, -0.25) is 4.98 Å². The predicted molar refractivity (Wildman–Crippen MR) is 81.8 cm³/mol. The molecular weight excluding hydrogens is 266 g/mol. The van der Waals surface area contributed by atoms with E-state index in [0.717, 1.165) is 11.1 Å². The minimum atomic E-state index is -0.832. The van der Waals surface area contributed by atoms with Gasteiger partial charge in [0.2, 0.25) is 0 Å². The van der Waals surface area contributed by atoms with Crippen molar-refractivity contribution in [2.75, 3.05) is 14.2 Å². The molecule has 21 heavy (non-hydrogen) atoms. The Morgan fingerprint density at radius 1 is 0.952 bits per heavy atom. The maximum absolute atomic E-state index is 10.6. The molecule has 1 aromatic heterocycles. The molecule has 0 aliphatic carbocycles. The van der Waals surface area contributed by atoms with Crippen LogP contribution in [0.1, 0.15) is 18.1 Å². The Hall–Kier alpha value is -2.07. The van der Waals surface area contributed by atoms with Gasteiger partial charge in [0.1, 0.15) is 0 Å². The normalized spacial score (nSPS) is 13.5. The van der Waals surface area contributed by atoms with E-state index in [1.807, 2.05) is 37.3 Å². The van der Waals surface area contributed by atoms with Crippen LogP contribution in [0.25, 0.3) is 0 Å². The molecule has 0 amide bonds. The number of benzene rings is 1. The van der Waals surface area contributed by atoms with E-state index in [-0.39, 0.29) is 0 Å². The van der Waals surface area contributed by atoms with Gasteiger partial charge in [0.15, 0.2) is 11.5 Å². The summed E-state index contributed by atoms with van der Waals surface area (Å²) in [5, 5.41) is 10.6. The van der Waals surface area contributed by atoms with E-state index in [9.17, 15) is 5.11 Å². The second kappa shape index (κ2) is 6.59. The molecule has 0 radical (unpaired) electrons. The molecule has 2 rings (SSSR count). The molecule has 112 valence electrons. The summed E-state index contributed by atoms with van der Waals surface area (Å²) in [6, 6.07) is 9.55. The Balaban J connectivity index is 2.12. The van der Waals surface area contributed by atoms with Crippen LogP contribution in [0.4, 0.5) is 0 Å². The van der Waals surface area contributed by atoms with Crippen molar-refractivity contribution in [1.82, 2.24) is 4.98 Å². The van der Waals surface area contributed by atoms with Crippen molar-refractivity contribution in [3.63, 3.8) is 0 Å². The van der Waals surface area contributed by atoms with Gasteiger partial charge < -0.3 is 14.6 Å². The van der Waals surface area contributed by atoms with Gasteiger partial charge in [-0.1, -0.05) is 6.07 Å². The van der Waals surface area contributed by atoms with Crippen LogP contribution < -0.4 is 9.47 Å². The lowest BCUT2D eigenvalue weighted by Gasteiger charge is -2.24. The maximum atomic E-state index is 10.6. The molecule has 2 aromatic rings. The smallest absolute Gasteiger partial charge is 0.160 e. The lowest BCUT2D eigenvalue weighted by Crippen LogP contribution is -2.30. The summed E-state index contributed by atoms with van der Waals surface area (Å²) in [5.74, 6) is 1.37. The third kappa shape index (κ3) is 4.20. The summed E-state index contributed by atoms with van der Waals surface area (Å²) in [6.45, 7) is 1.84. The highest BCUT2D eigenvalue weighted by Gasteiger charge is 2.22. The molecular formula is C17H21NO3. The second-order valence-electron chi connectivity index (χ2n) is 5.40. The van der Waals surface area contributed by atoms with Gasteiger partial charge in [-0.25, -0.2) is 0 Å². The molecule has 4 nitrogen and oxygen atoms in total. The molecule has 0 saturated carbocycles. The molecule has 1 aromatic carbocycles. The van der Waals surface area contributed by atoms with E-state index < -0.39 is 5.60 Å². The fourth-order valence-corrected chi connectivity index (χ4v) is 2.43. The van der Waals surface area contributed by atoms with Crippen molar-refractivity contribution in [3.05, 3.63) is 53.9 Å². The van der Waals surface area contributed by atoms with Crippen LogP contribution in [-0.4, -0.2) is 29.9 Å².